The van der Waals surface area contributed by atoms with Crippen LogP contribution in [0.3, 0.4) is 0 Å². The van der Waals surface area contributed by atoms with Gasteiger partial charge in [-0.15, -0.1) is 0 Å². The fraction of sp³-hybridized carbons (Fsp3) is 0.304. The Hall–Kier alpha value is -2.97. The summed E-state index contributed by atoms with van der Waals surface area (Å²) in [5.74, 6) is -0.541. The maximum atomic E-state index is 13.2. The summed E-state index contributed by atoms with van der Waals surface area (Å²) in [4.78, 5) is 25.3. The van der Waals surface area contributed by atoms with E-state index in [4.69, 9.17) is 10.5 Å². The number of aromatic nitrogens is 1. The SMILES string of the molecule is Cc1ccc(C(=O)OCn2ccc3c(S(=O)(=O)C4CCC(N)C4)cccc3c2=O)cc1. The first-order valence-corrected chi connectivity index (χ1v) is 11.7. The second-order valence-electron chi connectivity index (χ2n) is 7.98. The lowest BCUT2D eigenvalue weighted by molar-refractivity contribution is 0.0367. The van der Waals surface area contributed by atoms with Gasteiger partial charge in [0.05, 0.1) is 15.7 Å². The number of nitrogens with zero attached hydrogens (tertiary/aromatic N) is 1. The second-order valence-corrected chi connectivity index (χ2v) is 10.2. The zero-order valence-corrected chi connectivity index (χ0v) is 18.0. The number of benzene rings is 2. The highest BCUT2D eigenvalue weighted by Gasteiger charge is 2.34. The van der Waals surface area contributed by atoms with E-state index < -0.39 is 26.6 Å². The lowest BCUT2D eigenvalue weighted by Gasteiger charge is -2.15. The molecule has 2 unspecified atom stereocenters. The van der Waals surface area contributed by atoms with E-state index >= 15 is 0 Å². The molecular weight excluding hydrogens is 416 g/mol. The first kappa shape index (κ1) is 21.3. The van der Waals surface area contributed by atoms with E-state index in [1.807, 2.05) is 6.92 Å². The van der Waals surface area contributed by atoms with Gasteiger partial charge >= 0.3 is 5.97 Å². The number of fused-ring (bicyclic) bond motifs is 1. The normalized spacial score (nSPS) is 18.9. The van der Waals surface area contributed by atoms with Gasteiger partial charge in [0.25, 0.3) is 5.56 Å². The third-order valence-electron chi connectivity index (χ3n) is 5.77. The monoisotopic (exact) mass is 440 g/mol. The molecule has 2 aromatic carbocycles. The van der Waals surface area contributed by atoms with Crippen molar-refractivity contribution in [1.82, 2.24) is 4.57 Å². The molecule has 1 aliphatic rings. The van der Waals surface area contributed by atoms with Crippen molar-refractivity contribution in [3.63, 3.8) is 0 Å². The molecule has 0 bridgehead atoms. The van der Waals surface area contributed by atoms with Gasteiger partial charge < -0.3 is 10.5 Å². The molecule has 0 saturated heterocycles. The van der Waals surface area contributed by atoms with Gasteiger partial charge in [-0.3, -0.25) is 9.36 Å². The number of hydrogen-bond donors (Lipinski definition) is 1. The predicted octanol–water partition coefficient (Wildman–Crippen LogP) is 2.78. The lowest BCUT2D eigenvalue weighted by Crippen LogP contribution is -2.24. The Balaban J connectivity index is 1.62. The van der Waals surface area contributed by atoms with Gasteiger partial charge in [0, 0.05) is 23.0 Å². The van der Waals surface area contributed by atoms with Crippen molar-refractivity contribution in [3.8, 4) is 0 Å². The number of sulfone groups is 1. The van der Waals surface area contributed by atoms with Crippen LogP contribution in [0, 0.1) is 6.92 Å². The second kappa shape index (κ2) is 8.28. The van der Waals surface area contributed by atoms with Crippen molar-refractivity contribution >= 4 is 26.6 Å². The minimum Gasteiger partial charge on any atom is -0.440 e. The van der Waals surface area contributed by atoms with E-state index in [-0.39, 0.29) is 23.1 Å². The van der Waals surface area contributed by atoms with Gasteiger partial charge in [-0.2, -0.15) is 0 Å². The Labute approximate surface area is 180 Å². The number of nitrogens with two attached hydrogens (primary N) is 1. The quantitative estimate of drug-likeness (QED) is 0.611. The van der Waals surface area contributed by atoms with Gasteiger partial charge in [0.2, 0.25) is 0 Å². The zero-order valence-electron chi connectivity index (χ0n) is 17.2. The van der Waals surface area contributed by atoms with Crippen LogP contribution < -0.4 is 11.3 Å². The number of rotatable bonds is 5. The van der Waals surface area contributed by atoms with Crippen LogP contribution in [0.15, 0.2) is 64.4 Å². The highest BCUT2D eigenvalue weighted by Crippen LogP contribution is 2.32. The first-order chi connectivity index (χ1) is 14.8. The van der Waals surface area contributed by atoms with E-state index in [1.165, 1.54) is 16.8 Å². The van der Waals surface area contributed by atoms with Crippen LogP contribution in [-0.4, -0.2) is 30.2 Å². The highest BCUT2D eigenvalue weighted by atomic mass is 32.2. The third-order valence-corrected chi connectivity index (χ3v) is 8.05. The molecule has 0 radical (unpaired) electrons. The number of hydrogen-bond acceptors (Lipinski definition) is 6. The smallest absolute Gasteiger partial charge is 0.339 e. The topological polar surface area (TPSA) is 108 Å². The lowest BCUT2D eigenvalue weighted by atomic mass is 10.1. The molecule has 1 aliphatic carbocycles. The Morgan fingerprint density at radius 3 is 2.52 bits per heavy atom. The van der Waals surface area contributed by atoms with Crippen LogP contribution in [0.2, 0.25) is 0 Å². The molecule has 7 nitrogen and oxygen atoms in total. The number of esters is 1. The molecular formula is C23H24N2O5S. The molecule has 2 N–H and O–H groups in total. The molecule has 0 spiro atoms. The van der Waals surface area contributed by atoms with Gasteiger partial charge in [-0.05, 0) is 56.5 Å². The molecule has 0 amide bonds. The van der Waals surface area contributed by atoms with E-state index in [1.54, 1.807) is 42.5 Å². The molecule has 8 heteroatoms. The van der Waals surface area contributed by atoms with Gasteiger partial charge in [0.15, 0.2) is 16.6 Å². The molecule has 0 aliphatic heterocycles. The molecule has 1 aromatic heterocycles. The van der Waals surface area contributed by atoms with Crippen molar-refractivity contribution < 1.29 is 17.9 Å². The standard InChI is InChI=1S/C23H24N2O5S/c1-15-5-7-16(8-6-15)23(27)30-14-25-12-11-19-20(22(25)26)3-2-4-21(19)31(28,29)18-10-9-17(24)13-18/h2-8,11-12,17-18H,9-10,13-14,24H2,1H3. The van der Waals surface area contributed by atoms with Crippen molar-refractivity contribution in [3.05, 3.63) is 76.2 Å². The van der Waals surface area contributed by atoms with Crippen molar-refractivity contribution in [2.45, 2.75) is 49.1 Å². The molecule has 1 heterocycles. The summed E-state index contributed by atoms with van der Waals surface area (Å²) in [5, 5.41) is 0.0948. The van der Waals surface area contributed by atoms with Gasteiger partial charge in [-0.25, -0.2) is 13.2 Å². The first-order valence-electron chi connectivity index (χ1n) is 10.1. The molecule has 31 heavy (non-hydrogen) atoms. The fourth-order valence-corrected chi connectivity index (χ4v) is 6.03. The molecule has 1 fully saturated rings. The van der Waals surface area contributed by atoms with Crippen LogP contribution >= 0.6 is 0 Å². The largest absolute Gasteiger partial charge is 0.440 e. The Bertz CT molecular complexity index is 1300. The van der Waals surface area contributed by atoms with Crippen molar-refractivity contribution in [2.24, 2.45) is 5.73 Å². The summed E-state index contributed by atoms with van der Waals surface area (Å²) in [6.07, 6.45) is 3.07. The summed E-state index contributed by atoms with van der Waals surface area (Å²) in [7, 11) is -3.61. The maximum Gasteiger partial charge on any atom is 0.339 e. The highest BCUT2D eigenvalue weighted by molar-refractivity contribution is 7.92. The van der Waals surface area contributed by atoms with Crippen LogP contribution in [0.25, 0.3) is 10.8 Å². The molecule has 3 aromatic rings. The average Bonchev–Trinajstić information content (AvgIpc) is 3.20. The minimum atomic E-state index is -3.61. The van der Waals surface area contributed by atoms with E-state index in [0.717, 1.165) is 5.56 Å². The average molecular weight is 441 g/mol. The summed E-state index contributed by atoms with van der Waals surface area (Å²) in [5.41, 5.74) is 6.89. The third kappa shape index (κ3) is 4.13. The van der Waals surface area contributed by atoms with E-state index in [2.05, 4.69) is 0 Å². The molecule has 4 rings (SSSR count). The van der Waals surface area contributed by atoms with E-state index in [9.17, 15) is 18.0 Å². The number of ether oxygens (including phenoxy) is 1. The van der Waals surface area contributed by atoms with Gasteiger partial charge in [0.1, 0.15) is 0 Å². The fourth-order valence-electron chi connectivity index (χ4n) is 3.97. The van der Waals surface area contributed by atoms with Crippen molar-refractivity contribution in [1.29, 1.82) is 0 Å². The summed E-state index contributed by atoms with van der Waals surface area (Å²) < 4.78 is 32.8. The van der Waals surface area contributed by atoms with Gasteiger partial charge in [-0.1, -0.05) is 23.8 Å². The summed E-state index contributed by atoms with van der Waals surface area (Å²) >= 11 is 0. The predicted molar refractivity (Wildman–Crippen MR) is 118 cm³/mol. The van der Waals surface area contributed by atoms with E-state index in [0.29, 0.717) is 30.2 Å². The summed E-state index contributed by atoms with van der Waals surface area (Å²) in [6.45, 7) is 1.65. The number of carbonyl (C=O) groups excluding carboxylic acids is 1. The number of carbonyl (C=O) groups is 1. The molecule has 162 valence electrons. The number of pyridine rings is 1. The van der Waals surface area contributed by atoms with Crippen LogP contribution in [0.1, 0.15) is 35.2 Å². The Kier molecular flexibility index (Phi) is 5.68. The van der Waals surface area contributed by atoms with Crippen molar-refractivity contribution in [2.75, 3.05) is 0 Å². The van der Waals surface area contributed by atoms with Crippen LogP contribution in [-0.2, 0) is 21.3 Å². The van der Waals surface area contributed by atoms with Crippen LogP contribution in [0.5, 0.6) is 0 Å². The molecule has 1 saturated carbocycles. The van der Waals surface area contributed by atoms with Crippen LogP contribution in [0.4, 0.5) is 0 Å². The molecule has 2 atom stereocenters. The Morgan fingerprint density at radius 2 is 1.84 bits per heavy atom. The maximum absolute atomic E-state index is 13.2. The zero-order chi connectivity index (χ0) is 22.2. The summed E-state index contributed by atoms with van der Waals surface area (Å²) in [6, 6.07) is 13.1. The Morgan fingerprint density at radius 1 is 1.10 bits per heavy atom. The number of aryl methyl sites for hydroxylation is 1. The minimum absolute atomic E-state index is 0.116.